The molecular weight excluding hydrogens is 422 g/mol. The van der Waals surface area contributed by atoms with Crippen molar-refractivity contribution in [3.63, 3.8) is 0 Å². The first-order valence-corrected chi connectivity index (χ1v) is 12.7. The summed E-state index contributed by atoms with van der Waals surface area (Å²) in [6.45, 7) is 8.10. The average molecular weight is 464 g/mol. The molecule has 2 heterocycles. The molecular formula is C25H41N3O5. The summed E-state index contributed by atoms with van der Waals surface area (Å²) >= 11 is 0. The second-order valence-electron chi connectivity index (χ2n) is 11.3. The predicted octanol–water partition coefficient (Wildman–Crippen LogP) is 1.87. The molecule has 33 heavy (non-hydrogen) atoms. The fourth-order valence-electron chi connectivity index (χ4n) is 5.83. The monoisotopic (exact) mass is 463 g/mol. The SMILES string of the molecule is CNC(=O)[C@@H](NC(=O)[C@H]1CCOC12CN(C(=O)[C@H]1CC1(C)C)C2)[C@@H](C)OCC1CCCCC1. The first-order valence-electron chi connectivity index (χ1n) is 12.7. The van der Waals surface area contributed by atoms with Crippen LogP contribution in [0.2, 0.25) is 0 Å². The molecule has 0 aromatic carbocycles. The van der Waals surface area contributed by atoms with E-state index in [1.807, 2.05) is 11.8 Å². The molecule has 4 atom stereocenters. The Balaban J connectivity index is 1.33. The molecule has 2 saturated heterocycles. The van der Waals surface area contributed by atoms with E-state index in [0.29, 0.717) is 38.6 Å². The second-order valence-corrected chi connectivity index (χ2v) is 11.3. The number of hydrogen-bond donors (Lipinski definition) is 2. The highest BCUT2D eigenvalue weighted by atomic mass is 16.5. The van der Waals surface area contributed by atoms with Crippen molar-refractivity contribution in [2.24, 2.45) is 23.2 Å². The zero-order valence-electron chi connectivity index (χ0n) is 20.7. The number of hydrogen-bond acceptors (Lipinski definition) is 5. The zero-order chi connectivity index (χ0) is 23.8. The number of likely N-dealkylation sites (tertiary alicyclic amines) is 1. The van der Waals surface area contributed by atoms with Gasteiger partial charge in [-0.25, -0.2) is 0 Å². The van der Waals surface area contributed by atoms with E-state index in [9.17, 15) is 14.4 Å². The Morgan fingerprint density at radius 1 is 1.09 bits per heavy atom. The van der Waals surface area contributed by atoms with Crippen LogP contribution in [0.25, 0.3) is 0 Å². The van der Waals surface area contributed by atoms with Crippen molar-refractivity contribution in [1.29, 1.82) is 0 Å². The Kier molecular flexibility index (Phi) is 7.06. The molecule has 0 radical (unpaired) electrons. The average Bonchev–Trinajstić information content (AvgIpc) is 3.20. The van der Waals surface area contributed by atoms with E-state index in [0.717, 1.165) is 6.42 Å². The first-order chi connectivity index (χ1) is 15.7. The van der Waals surface area contributed by atoms with Crippen LogP contribution in [0.1, 0.15) is 65.7 Å². The summed E-state index contributed by atoms with van der Waals surface area (Å²) in [6, 6.07) is -0.756. The summed E-state index contributed by atoms with van der Waals surface area (Å²) in [4.78, 5) is 40.4. The topological polar surface area (TPSA) is 97.0 Å². The number of ether oxygens (including phenoxy) is 2. The molecule has 4 aliphatic rings. The largest absolute Gasteiger partial charge is 0.376 e. The highest BCUT2D eigenvalue weighted by Crippen LogP contribution is 2.54. The molecule has 0 bridgehead atoms. The molecule has 4 rings (SSSR count). The molecule has 0 unspecified atom stereocenters. The lowest BCUT2D eigenvalue weighted by Crippen LogP contribution is -2.69. The van der Waals surface area contributed by atoms with Crippen molar-refractivity contribution < 1.29 is 23.9 Å². The fraction of sp³-hybridized carbons (Fsp3) is 0.880. The van der Waals surface area contributed by atoms with E-state index in [2.05, 4.69) is 24.5 Å². The molecule has 0 aromatic heterocycles. The number of rotatable bonds is 8. The van der Waals surface area contributed by atoms with Crippen molar-refractivity contribution in [2.75, 3.05) is 33.4 Å². The summed E-state index contributed by atoms with van der Waals surface area (Å²) in [5.74, 6) is -0.0198. The molecule has 1 spiro atoms. The molecule has 0 aromatic rings. The van der Waals surface area contributed by atoms with Crippen molar-refractivity contribution in [1.82, 2.24) is 15.5 Å². The third-order valence-electron chi connectivity index (χ3n) is 8.40. The van der Waals surface area contributed by atoms with Gasteiger partial charge in [0.2, 0.25) is 17.7 Å². The Morgan fingerprint density at radius 2 is 1.76 bits per heavy atom. The molecule has 2 aliphatic heterocycles. The van der Waals surface area contributed by atoms with Crippen LogP contribution in [0.3, 0.4) is 0 Å². The minimum Gasteiger partial charge on any atom is -0.376 e. The third kappa shape index (κ3) is 5.06. The van der Waals surface area contributed by atoms with Crippen LogP contribution >= 0.6 is 0 Å². The maximum atomic E-state index is 13.3. The number of nitrogens with one attached hydrogen (secondary N) is 2. The molecule has 8 nitrogen and oxygen atoms in total. The van der Waals surface area contributed by atoms with Crippen LogP contribution in [0, 0.1) is 23.2 Å². The lowest BCUT2D eigenvalue weighted by molar-refractivity contribution is -0.171. The predicted molar refractivity (Wildman–Crippen MR) is 123 cm³/mol. The van der Waals surface area contributed by atoms with Gasteiger partial charge in [-0.1, -0.05) is 33.1 Å². The summed E-state index contributed by atoms with van der Waals surface area (Å²) < 4.78 is 12.1. The summed E-state index contributed by atoms with van der Waals surface area (Å²) in [5, 5.41) is 5.61. The molecule has 2 saturated carbocycles. The smallest absolute Gasteiger partial charge is 0.245 e. The van der Waals surface area contributed by atoms with E-state index < -0.39 is 17.7 Å². The Morgan fingerprint density at radius 3 is 2.36 bits per heavy atom. The van der Waals surface area contributed by atoms with E-state index in [1.165, 1.54) is 32.1 Å². The number of carbonyl (C=O) groups excluding carboxylic acids is 3. The lowest BCUT2D eigenvalue weighted by atomic mass is 9.79. The summed E-state index contributed by atoms with van der Waals surface area (Å²) in [5.41, 5.74) is -0.542. The van der Waals surface area contributed by atoms with Crippen molar-refractivity contribution in [3.05, 3.63) is 0 Å². The standard InChI is InChI=1S/C25H41N3O5/c1-16(32-13-17-8-6-5-7-9-17)20(22(30)26-4)27-21(29)18-10-11-33-25(18)14-28(15-25)23(31)19-12-24(19,2)3/h16-20H,5-15H2,1-4H3,(H,26,30)(H,27,29)/t16-,18-,19-,20+/m1/s1. The van der Waals surface area contributed by atoms with Crippen LogP contribution in [-0.2, 0) is 23.9 Å². The van der Waals surface area contributed by atoms with Gasteiger partial charge in [0.05, 0.1) is 25.1 Å². The maximum absolute atomic E-state index is 13.3. The quantitative estimate of drug-likeness (QED) is 0.573. The first kappa shape index (κ1) is 24.5. The molecule has 2 aliphatic carbocycles. The van der Waals surface area contributed by atoms with E-state index in [1.54, 1.807) is 7.05 Å². The molecule has 3 amide bonds. The number of nitrogens with zero attached hydrogens (tertiary/aromatic N) is 1. The van der Waals surface area contributed by atoms with Gasteiger partial charge in [-0.05, 0) is 43.9 Å². The third-order valence-corrected chi connectivity index (χ3v) is 8.40. The van der Waals surface area contributed by atoms with Crippen molar-refractivity contribution in [3.8, 4) is 0 Å². The van der Waals surface area contributed by atoms with E-state index >= 15 is 0 Å². The molecule has 8 heteroatoms. The van der Waals surface area contributed by atoms with Gasteiger partial charge in [0, 0.05) is 26.2 Å². The highest BCUT2D eigenvalue weighted by molar-refractivity contribution is 5.90. The van der Waals surface area contributed by atoms with Gasteiger partial charge in [-0.3, -0.25) is 14.4 Å². The Bertz CT molecular complexity index is 757. The van der Waals surface area contributed by atoms with Crippen molar-refractivity contribution in [2.45, 2.75) is 83.5 Å². The van der Waals surface area contributed by atoms with Crippen LogP contribution in [0.15, 0.2) is 0 Å². The van der Waals surface area contributed by atoms with Crippen LogP contribution in [0.4, 0.5) is 0 Å². The van der Waals surface area contributed by atoms with Gasteiger partial charge in [0.1, 0.15) is 11.6 Å². The van der Waals surface area contributed by atoms with Gasteiger partial charge in [0.15, 0.2) is 0 Å². The number of carbonyl (C=O) groups is 3. The highest BCUT2D eigenvalue weighted by Gasteiger charge is 2.61. The van der Waals surface area contributed by atoms with Gasteiger partial charge < -0.3 is 25.0 Å². The van der Waals surface area contributed by atoms with Gasteiger partial charge >= 0.3 is 0 Å². The number of amides is 3. The Labute approximate surface area is 197 Å². The van der Waals surface area contributed by atoms with E-state index in [-0.39, 0.29) is 35.0 Å². The molecule has 4 fully saturated rings. The maximum Gasteiger partial charge on any atom is 0.245 e. The number of likely N-dealkylation sites (N-methyl/N-ethyl adjacent to an activating group) is 1. The van der Waals surface area contributed by atoms with Gasteiger partial charge in [0.25, 0.3) is 0 Å². The molecule has 2 N–H and O–H groups in total. The minimum absolute atomic E-state index is 0.0850. The van der Waals surface area contributed by atoms with Crippen LogP contribution in [-0.4, -0.2) is 73.7 Å². The van der Waals surface area contributed by atoms with Crippen LogP contribution < -0.4 is 10.6 Å². The second kappa shape index (κ2) is 9.53. The van der Waals surface area contributed by atoms with E-state index in [4.69, 9.17) is 9.47 Å². The Hall–Kier alpha value is -1.67. The minimum atomic E-state index is -0.756. The van der Waals surface area contributed by atoms with Gasteiger partial charge in [-0.15, -0.1) is 0 Å². The van der Waals surface area contributed by atoms with Crippen LogP contribution in [0.5, 0.6) is 0 Å². The summed E-state index contributed by atoms with van der Waals surface area (Å²) in [7, 11) is 1.57. The molecule has 186 valence electrons. The summed E-state index contributed by atoms with van der Waals surface area (Å²) in [6.07, 6.45) is 7.19. The van der Waals surface area contributed by atoms with Gasteiger partial charge in [-0.2, -0.15) is 0 Å². The fourth-order valence-corrected chi connectivity index (χ4v) is 5.83. The zero-order valence-corrected chi connectivity index (χ0v) is 20.7. The van der Waals surface area contributed by atoms with Crippen molar-refractivity contribution >= 4 is 17.7 Å². The lowest BCUT2D eigenvalue weighted by Gasteiger charge is -2.50. The normalized spacial score (nSPS) is 29.8.